The van der Waals surface area contributed by atoms with Gasteiger partial charge in [0.15, 0.2) is 0 Å². The van der Waals surface area contributed by atoms with Crippen molar-refractivity contribution < 1.29 is 9.18 Å². The van der Waals surface area contributed by atoms with Gasteiger partial charge in [0.05, 0.1) is 5.56 Å². The van der Waals surface area contributed by atoms with Crippen LogP contribution in [0.5, 0.6) is 0 Å². The Labute approximate surface area is 109 Å². The average Bonchev–Trinajstić information content (AvgIpc) is 2.66. The number of amidine groups is 1. The fraction of sp³-hybridized carbons (Fsp3) is 0.154. The zero-order valence-corrected chi connectivity index (χ0v) is 10.0. The molecule has 0 bridgehead atoms. The van der Waals surface area contributed by atoms with Gasteiger partial charge in [0, 0.05) is 6.54 Å². The molecule has 1 atom stereocenters. The predicted octanol–water partition coefficient (Wildman–Crippen LogP) is 1.72. The molecular formula is C13H11FN4O. The molecule has 0 radical (unpaired) electrons. The van der Waals surface area contributed by atoms with E-state index in [1.807, 2.05) is 0 Å². The van der Waals surface area contributed by atoms with Crippen LogP contribution in [0, 0.1) is 17.1 Å². The maximum atomic E-state index is 13.3. The van der Waals surface area contributed by atoms with E-state index >= 15 is 0 Å². The lowest BCUT2D eigenvalue weighted by molar-refractivity contribution is 0.213. The molecule has 0 aromatic heterocycles. The quantitative estimate of drug-likeness (QED) is 0.838. The van der Waals surface area contributed by atoms with E-state index in [0.29, 0.717) is 5.56 Å². The molecule has 2 amide bonds. The zero-order valence-electron chi connectivity index (χ0n) is 10.0. The van der Waals surface area contributed by atoms with Crippen LogP contribution >= 0.6 is 0 Å². The number of hydrogen-bond donors (Lipinski definition) is 1. The lowest BCUT2D eigenvalue weighted by atomic mass is 10.0. The first-order valence-corrected chi connectivity index (χ1v) is 5.53. The summed E-state index contributed by atoms with van der Waals surface area (Å²) in [6.45, 7) is 3.83. The molecule has 1 aliphatic heterocycles. The molecule has 0 aliphatic carbocycles. The molecule has 1 aromatic carbocycles. The molecule has 0 saturated heterocycles. The molecule has 1 heterocycles. The van der Waals surface area contributed by atoms with Crippen LogP contribution in [-0.4, -0.2) is 23.3 Å². The monoisotopic (exact) mass is 258 g/mol. The zero-order chi connectivity index (χ0) is 14.0. The normalized spacial score (nSPS) is 18.1. The molecule has 1 aliphatic rings. The number of rotatable bonds is 3. The summed E-state index contributed by atoms with van der Waals surface area (Å²) in [6, 6.07) is 4.73. The number of halogens is 1. The Morgan fingerprint density at radius 1 is 1.63 bits per heavy atom. The molecule has 5 nitrogen and oxygen atoms in total. The largest absolute Gasteiger partial charge is 0.385 e. The summed E-state index contributed by atoms with van der Waals surface area (Å²) in [7, 11) is 0. The Kier molecular flexibility index (Phi) is 3.29. The van der Waals surface area contributed by atoms with Crippen molar-refractivity contribution in [2.45, 2.75) is 6.04 Å². The number of urea groups is 1. The number of hydrogen-bond acceptors (Lipinski definition) is 3. The van der Waals surface area contributed by atoms with Crippen molar-refractivity contribution >= 4 is 11.9 Å². The summed E-state index contributed by atoms with van der Waals surface area (Å²) in [6.07, 6.45) is 1.55. The van der Waals surface area contributed by atoms with Gasteiger partial charge in [-0.05, 0) is 17.7 Å². The smallest absolute Gasteiger partial charge is 0.346 e. The Bertz CT molecular complexity index is 618. The van der Waals surface area contributed by atoms with Gasteiger partial charge in [-0.1, -0.05) is 12.1 Å². The third-order valence-corrected chi connectivity index (χ3v) is 2.81. The fourth-order valence-electron chi connectivity index (χ4n) is 1.98. The standard InChI is InChI=1S/C13H11FN4O/c1-2-5-18-11(12(16)17-13(18)19)8-3-4-10(14)9(6-8)7-15/h2-4,6,11H,1,5H2,(H2,16,17,19). The molecule has 96 valence electrons. The van der Waals surface area contributed by atoms with Crippen molar-refractivity contribution in [3.63, 3.8) is 0 Å². The van der Waals surface area contributed by atoms with Gasteiger partial charge in [-0.2, -0.15) is 10.3 Å². The molecule has 0 saturated carbocycles. The van der Waals surface area contributed by atoms with E-state index < -0.39 is 17.9 Å². The molecule has 19 heavy (non-hydrogen) atoms. The van der Waals surface area contributed by atoms with Gasteiger partial charge in [0.1, 0.15) is 23.8 Å². The summed E-state index contributed by atoms with van der Waals surface area (Å²) in [4.78, 5) is 16.7. The molecule has 0 spiro atoms. The van der Waals surface area contributed by atoms with Crippen molar-refractivity contribution in [1.29, 1.82) is 5.26 Å². The van der Waals surface area contributed by atoms with E-state index in [0.717, 1.165) is 0 Å². The Hall–Kier alpha value is -2.68. The number of nitrogens with zero attached hydrogens (tertiary/aromatic N) is 3. The Balaban J connectivity index is 2.45. The molecule has 2 rings (SSSR count). The van der Waals surface area contributed by atoms with E-state index in [9.17, 15) is 9.18 Å². The number of benzene rings is 1. The minimum absolute atomic E-state index is 0.0943. The van der Waals surface area contributed by atoms with Gasteiger partial charge >= 0.3 is 6.03 Å². The first-order chi connectivity index (χ1) is 9.08. The number of carbonyl (C=O) groups excluding carboxylic acids is 1. The van der Waals surface area contributed by atoms with Crippen LogP contribution < -0.4 is 5.73 Å². The molecule has 1 unspecified atom stereocenters. The van der Waals surface area contributed by atoms with Crippen LogP contribution in [-0.2, 0) is 0 Å². The van der Waals surface area contributed by atoms with Crippen LogP contribution in [0.3, 0.4) is 0 Å². The fourth-order valence-corrected chi connectivity index (χ4v) is 1.98. The second kappa shape index (κ2) is 4.90. The van der Waals surface area contributed by atoms with Gasteiger partial charge in [0.2, 0.25) is 0 Å². The van der Waals surface area contributed by atoms with Gasteiger partial charge in [-0.3, -0.25) is 0 Å². The van der Waals surface area contributed by atoms with Crippen LogP contribution in [0.2, 0.25) is 0 Å². The Morgan fingerprint density at radius 2 is 2.37 bits per heavy atom. The summed E-state index contributed by atoms with van der Waals surface area (Å²) in [5.41, 5.74) is 6.18. The maximum absolute atomic E-state index is 13.3. The van der Waals surface area contributed by atoms with E-state index in [2.05, 4.69) is 11.6 Å². The average molecular weight is 258 g/mol. The minimum atomic E-state index is -0.610. The van der Waals surface area contributed by atoms with E-state index in [4.69, 9.17) is 11.0 Å². The number of nitriles is 1. The van der Waals surface area contributed by atoms with Gasteiger partial charge in [0.25, 0.3) is 0 Å². The first kappa shape index (κ1) is 12.8. The maximum Gasteiger partial charge on any atom is 0.346 e. The third-order valence-electron chi connectivity index (χ3n) is 2.81. The van der Waals surface area contributed by atoms with Gasteiger partial charge in [-0.25, -0.2) is 9.18 Å². The summed E-state index contributed by atoms with van der Waals surface area (Å²) in [5, 5.41) is 8.82. The summed E-state index contributed by atoms with van der Waals surface area (Å²) < 4.78 is 13.3. The molecular weight excluding hydrogens is 247 g/mol. The lowest BCUT2D eigenvalue weighted by Crippen LogP contribution is -2.33. The molecule has 1 aromatic rings. The van der Waals surface area contributed by atoms with E-state index in [1.54, 1.807) is 12.1 Å². The van der Waals surface area contributed by atoms with Crippen LogP contribution in [0.1, 0.15) is 17.2 Å². The highest BCUT2D eigenvalue weighted by atomic mass is 19.1. The minimum Gasteiger partial charge on any atom is -0.385 e. The first-order valence-electron chi connectivity index (χ1n) is 5.53. The highest BCUT2D eigenvalue weighted by Gasteiger charge is 2.33. The number of nitrogens with two attached hydrogens (primary N) is 1. The molecule has 6 heteroatoms. The SMILES string of the molecule is C=CCN1C(=O)N=C(N)C1c1ccc(F)c(C#N)c1. The van der Waals surface area contributed by atoms with Gasteiger partial charge < -0.3 is 10.6 Å². The highest BCUT2D eigenvalue weighted by Crippen LogP contribution is 2.27. The molecule has 2 N–H and O–H groups in total. The second-order valence-electron chi connectivity index (χ2n) is 4.01. The van der Waals surface area contributed by atoms with Crippen molar-refractivity contribution in [3.05, 3.63) is 47.8 Å². The Morgan fingerprint density at radius 3 is 3.00 bits per heavy atom. The van der Waals surface area contributed by atoms with Crippen LogP contribution in [0.4, 0.5) is 9.18 Å². The van der Waals surface area contributed by atoms with E-state index in [1.165, 1.54) is 23.1 Å². The second-order valence-corrected chi connectivity index (χ2v) is 4.01. The number of carbonyl (C=O) groups is 1. The van der Waals surface area contributed by atoms with E-state index in [-0.39, 0.29) is 17.9 Å². The van der Waals surface area contributed by atoms with Crippen molar-refractivity contribution in [2.75, 3.05) is 6.54 Å². The molecule has 0 fully saturated rings. The summed E-state index contributed by atoms with van der Waals surface area (Å²) >= 11 is 0. The van der Waals surface area contributed by atoms with Gasteiger partial charge in [-0.15, -0.1) is 6.58 Å². The number of aliphatic imine (C=N–C) groups is 1. The summed E-state index contributed by atoms with van der Waals surface area (Å²) in [5.74, 6) is -0.483. The topological polar surface area (TPSA) is 82.5 Å². The van der Waals surface area contributed by atoms with Crippen molar-refractivity contribution in [2.24, 2.45) is 10.7 Å². The van der Waals surface area contributed by atoms with Crippen molar-refractivity contribution in [1.82, 2.24) is 4.90 Å². The van der Waals surface area contributed by atoms with Crippen LogP contribution in [0.25, 0.3) is 0 Å². The van der Waals surface area contributed by atoms with Crippen LogP contribution in [0.15, 0.2) is 35.8 Å². The third kappa shape index (κ3) is 2.18. The predicted molar refractivity (Wildman–Crippen MR) is 67.8 cm³/mol. The number of amides is 2. The highest BCUT2D eigenvalue weighted by molar-refractivity contribution is 6.03. The van der Waals surface area contributed by atoms with Crippen molar-refractivity contribution in [3.8, 4) is 6.07 Å². The lowest BCUT2D eigenvalue weighted by Gasteiger charge is -2.23.